The molecule has 3 aromatic carbocycles. The van der Waals surface area contributed by atoms with Crippen molar-refractivity contribution in [3.8, 4) is 0 Å². The maximum absolute atomic E-state index is 13.0. The summed E-state index contributed by atoms with van der Waals surface area (Å²) in [7, 11) is 0. The summed E-state index contributed by atoms with van der Waals surface area (Å²) in [6.07, 6.45) is 0.141. The Balaban J connectivity index is 1.42. The molecule has 4 rings (SSSR count). The summed E-state index contributed by atoms with van der Waals surface area (Å²) in [5.74, 6) is -1.09. The number of para-hydroxylation sites is 2. The minimum atomic E-state index is -0.485. The summed E-state index contributed by atoms with van der Waals surface area (Å²) in [4.78, 5) is 40.1. The van der Waals surface area contributed by atoms with Gasteiger partial charge in [0.25, 0.3) is 5.91 Å². The van der Waals surface area contributed by atoms with Gasteiger partial charge in [-0.15, -0.1) is 0 Å². The fourth-order valence-electron chi connectivity index (χ4n) is 3.99. The highest BCUT2D eigenvalue weighted by Crippen LogP contribution is 2.28. The van der Waals surface area contributed by atoms with Crippen molar-refractivity contribution >= 4 is 29.1 Å². The number of anilines is 2. The molecule has 0 spiro atoms. The summed E-state index contributed by atoms with van der Waals surface area (Å²) in [5.41, 5.74) is 4.79. The molecule has 0 unspecified atom stereocenters. The van der Waals surface area contributed by atoms with E-state index >= 15 is 0 Å². The highest BCUT2D eigenvalue weighted by atomic mass is 16.2. The van der Waals surface area contributed by atoms with E-state index < -0.39 is 5.92 Å². The number of benzene rings is 3. The molecular formula is C27H27N3O3. The van der Waals surface area contributed by atoms with Gasteiger partial charge in [0.2, 0.25) is 11.8 Å². The standard InChI is InChI=1S/C27H27N3O3/c1-18-11-13-20(14-12-18)16-28-27(33)22-8-4-5-9-23(22)29-26(32)21-15-25(31)30(17-21)24-10-6-3-7-19(24)2/h3-14,21H,15-17H2,1-2H3,(H,28,33)(H,29,32)/t21-/m1/s1. The second-order valence-corrected chi connectivity index (χ2v) is 8.39. The summed E-state index contributed by atoms with van der Waals surface area (Å²) in [5, 5.41) is 5.77. The van der Waals surface area contributed by atoms with Gasteiger partial charge in [0, 0.05) is 25.2 Å². The number of hydrogen-bond donors (Lipinski definition) is 2. The van der Waals surface area contributed by atoms with E-state index in [1.807, 2.05) is 62.4 Å². The quantitative estimate of drug-likeness (QED) is 0.601. The van der Waals surface area contributed by atoms with Crippen LogP contribution in [0.3, 0.4) is 0 Å². The van der Waals surface area contributed by atoms with Crippen LogP contribution in [0.15, 0.2) is 72.8 Å². The van der Waals surface area contributed by atoms with Crippen LogP contribution in [0.1, 0.15) is 33.5 Å². The molecule has 1 fully saturated rings. The van der Waals surface area contributed by atoms with E-state index in [1.54, 1.807) is 29.2 Å². The van der Waals surface area contributed by atoms with Gasteiger partial charge in [0.15, 0.2) is 0 Å². The first kappa shape index (κ1) is 22.3. The number of rotatable bonds is 6. The lowest BCUT2D eigenvalue weighted by Gasteiger charge is -2.19. The van der Waals surface area contributed by atoms with E-state index in [1.165, 1.54) is 0 Å². The Hall–Kier alpha value is -3.93. The number of aryl methyl sites for hydroxylation is 2. The fourth-order valence-corrected chi connectivity index (χ4v) is 3.99. The molecule has 1 atom stereocenters. The zero-order chi connectivity index (χ0) is 23.4. The molecule has 0 radical (unpaired) electrons. The minimum Gasteiger partial charge on any atom is -0.348 e. The first-order valence-electron chi connectivity index (χ1n) is 11.0. The molecule has 0 bridgehead atoms. The maximum atomic E-state index is 13.0. The Bertz CT molecular complexity index is 1190. The molecule has 6 nitrogen and oxygen atoms in total. The number of carbonyl (C=O) groups excluding carboxylic acids is 3. The number of nitrogens with one attached hydrogen (secondary N) is 2. The van der Waals surface area contributed by atoms with Crippen LogP contribution in [-0.2, 0) is 16.1 Å². The van der Waals surface area contributed by atoms with Crippen molar-refractivity contribution in [3.05, 3.63) is 95.1 Å². The van der Waals surface area contributed by atoms with Gasteiger partial charge < -0.3 is 15.5 Å². The summed E-state index contributed by atoms with van der Waals surface area (Å²) >= 11 is 0. The molecule has 1 aliphatic heterocycles. The molecule has 1 aliphatic rings. The zero-order valence-electron chi connectivity index (χ0n) is 18.8. The van der Waals surface area contributed by atoms with E-state index in [4.69, 9.17) is 0 Å². The van der Waals surface area contributed by atoms with Crippen molar-refractivity contribution in [2.45, 2.75) is 26.8 Å². The topological polar surface area (TPSA) is 78.5 Å². The van der Waals surface area contributed by atoms with Gasteiger partial charge in [-0.2, -0.15) is 0 Å². The predicted molar refractivity (Wildman–Crippen MR) is 129 cm³/mol. The average Bonchev–Trinajstić information content (AvgIpc) is 3.20. The minimum absolute atomic E-state index is 0.0754. The molecule has 0 aromatic heterocycles. The third-order valence-corrected chi connectivity index (χ3v) is 5.91. The number of amides is 3. The van der Waals surface area contributed by atoms with Crippen molar-refractivity contribution in [2.24, 2.45) is 5.92 Å². The normalized spacial score (nSPS) is 15.4. The molecule has 0 saturated carbocycles. The van der Waals surface area contributed by atoms with Crippen LogP contribution in [0.25, 0.3) is 0 Å². The lowest BCUT2D eigenvalue weighted by molar-refractivity contribution is -0.122. The highest BCUT2D eigenvalue weighted by molar-refractivity contribution is 6.07. The monoisotopic (exact) mass is 441 g/mol. The Morgan fingerprint density at radius 3 is 2.39 bits per heavy atom. The Morgan fingerprint density at radius 2 is 1.64 bits per heavy atom. The number of hydrogen-bond acceptors (Lipinski definition) is 3. The van der Waals surface area contributed by atoms with Gasteiger partial charge in [0.1, 0.15) is 0 Å². The molecule has 2 N–H and O–H groups in total. The van der Waals surface area contributed by atoms with Gasteiger partial charge in [0.05, 0.1) is 17.2 Å². The zero-order valence-corrected chi connectivity index (χ0v) is 18.8. The first-order chi connectivity index (χ1) is 15.9. The fraction of sp³-hybridized carbons (Fsp3) is 0.222. The molecule has 168 valence electrons. The third kappa shape index (κ3) is 5.12. The van der Waals surface area contributed by atoms with Crippen LogP contribution >= 0.6 is 0 Å². The lowest BCUT2D eigenvalue weighted by atomic mass is 10.1. The molecule has 0 aliphatic carbocycles. The molecule has 6 heteroatoms. The number of nitrogens with zero attached hydrogens (tertiary/aromatic N) is 1. The highest BCUT2D eigenvalue weighted by Gasteiger charge is 2.36. The van der Waals surface area contributed by atoms with Gasteiger partial charge in [-0.25, -0.2) is 0 Å². The Labute approximate surface area is 193 Å². The lowest BCUT2D eigenvalue weighted by Crippen LogP contribution is -2.29. The second-order valence-electron chi connectivity index (χ2n) is 8.39. The van der Waals surface area contributed by atoms with Gasteiger partial charge in [-0.05, 0) is 43.2 Å². The third-order valence-electron chi connectivity index (χ3n) is 5.91. The van der Waals surface area contributed by atoms with E-state index in [0.29, 0.717) is 24.3 Å². The summed E-state index contributed by atoms with van der Waals surface area (Å²) in [6, 6.07) is 22.5. The average molecular weight is 442 g/mol. The van der Waals surface area contributed by atoms with Crippen molar-refractivity contribution in [2.75, 3.05) is 16.8 Å². The molecule has 1 heterocycles. The Morgan fingerprint density at radius 1 is 0.939 bits per heavy atom. The van der Waals surface area contributed by atoms with E-state index in [9.17, 15) is 14.4 Å². The molecule has 1 saturated heterocycles. The van der Waals surface area contributed by atoms with Crippen LogP contribution < -0.4 is 15.5 Å². The smallest absolute Gasteiger partial charge is 0.253 e. The van der Waals surface area contributed by atoms with Crippen LogP contribution in [-0.4, -0.2) is 24.3 Å². The van der Waals surface area contributed by atoms with E-state index in [0.717, 1.165) is 22.4 Å². The van der Waals surface area contributed by atoms with Crippen LogP contribution in [0.2, 0.25) is 0 Å². The number of carbonyl (C=O) groups is 3. The van der Waals surface area contributed by atoms with Crippen molar-refractivity contribution in [3.63, 3.8) is 0 Å². The van der Waals surface area contributed by atoms with Gasteiger partial charge >= 0.3 is 0 Å². The van der Waals surface area contributed by atoms with E-state index in [-0.39, 0.29) is 24.1 Å². The van der Waals surface area contributed by atoms with Gasteiger partial charge in [-0.3, -0.25) is 14.4 Å². The summed E-state index contributed by atoms with van der Waals surface area (Å²) < 4.78 is 0. The first-order valence-corrected chi connectivity index (χ1v) is 11.0. The van der Waals surface area contributed by atoms with Crippen LogP contribution in [0.4, 0.5) is 11.4 Å². The van der Waals surface area contributed by atoms with Crippen LogP contribution in [0.5, 0.6) is 0 Å². The van der Waals surface area contributed by atoms with Crippen molar-refractivity contribution in [1.82, 2.24) is 5.32 Å². The Kier molecular flexibility index (Phi) is 6.54. The SMILES string of the molecule is Cc1ccc(CNC(=O)c2ccccc2NC(=O)[C@@H]2CC(=O)N(c3ccccc3C)C2)cc1. The molecular weight excluding hydrogens is 414 g/mol. The van der Waals surface area contributed by atoms with Gasteiger partial charge in [-0.1, -0.05) is 60.2 Å². The van der Waals surface area contributed by atoms with Crippen molar-refractivity contribution < 1.29 is 14.4 Å². The molecule has 33 heavy (non-hydrogen) atoms. The maximum Gasteiger partial charge on any atom is 0.253 e. The largest absolute Gasteiger partial charge is 0.348 e. The van der Waals surface area contributed by atoms with Crippen molar-refractivity contribution in [1.29, 1.82) is 0 Å². The molecule has 3 amide bonds. The summed E-state index contributed by atoms with van der Waals surface area (Å²) in [6.45, 7) is 4.67. The van der Waals surface area contributed by atoms with E-state index in [2.05, 4.69) is 10.6 Å². The van der Waals surface area contributed by atoms with Crippen LogP contribution in [0, 0.1) is 19.8 Å². The predicted octanol–water partition coefficient (Wildman–Crippen LogP) is 4.23. The molecule has 3 aromatic rings. The second kappa shape index (κ2) is 9.69.